The van der Waals surface area contributed by atoms with Crippen LogP contribution in [0.4, 0.5) is 5.69 Å². The van der Waals surface area contributed by atoms with Crippen molar-refractivity contribution in [3.05, 3.63) is 47.0 Å². The molecule has 0 radical (unpaired) electrons. The van der Waals surface area contributed by atoms with E-state index >= 15 is 0 Å². The van der Waals surface area contributed by atoms with Crippen LogP contribution in [0.25, 0.3) is 11.1 Å². The molecule has 0 unspecified atom stereocenters. The van der Waals surface area contributed by atoms with E-state index in [1.54, 1.807) is 7.11 Å². The summed E-state index contributed by atoms with van der Waals surface area (Å²) in [7, 11) is 1.73. The van der Waals surface area contributed by atoms with E-state index in [-0.39, 0.29) is 16.9 Å². The summed E-state index contributed by atoms with van der Waals surface area (Å²) < 4.78 is 5.77. The molecule has 1 aliphatic heterocycles. The second kappa shape index (κ2) is 6.10. The molecule has 3 nitrogen and oxygen atoms in total. The molecule has 152 valence electrons. The van der Waals surface area contributed by atoms with Crippen molar-refractivity contribution >= 4 is 11.6 Å². The van der Waals surface area contributed by atoms with Crippen LogP contribution in [0.3, 0.4) is 0 Å². The van der Waals surface area contributed by atoms with E-state index in [9.17, 15) is 4.79 Å². The summed E-state index contributed by atoms with van der Waals surface area (Å²) in [6.07, 6.45) is 5.50. The summed E-state index contributed by atoms with van der Waals surface area (Å²) in [4.78, 5) is 15.8. The maximum atomic E-state index is 13.6. The molecule has 3 aliphatic rings. The number of fused-ring (bicyclic) bond motifs is 3. The Hall–Kier alpha value is -2.29. The third-order valence-corrected chi connectivity index (χ3v) is 8.37. The van der Waals surface area contributed by atoms with Gasteiger partial charge in [-0.05, 0) is 86.3 Å². The number of piperidine rings is 1. The molecule has 0 spiro atoms. The molecule has 2 aromatic rings. The van der Waals surface area contributed by atoms with Gasteiger partial charge < -0.3 is 9.64 Å². The Kier molecular flexibility index (Phi) is 3.94. The Labute approximate surface area is 174 Å². The Bertz CT molecular complexity index is 1020. The fraction of sp³-hybridized carbons (Fsp3) is 0.500. The van der Waals surface area contributed by atoms with Crippen molar-refractivity contribution in [3.63, 3.8) is 0 Å². The van der Waals surface area contributed by atoms with Crippen molar-refractivity contribution in [3.8, 4) is 16.9 Å². The smallest absolute Gasteiger partial charge is 0.231 e. The zero-order valence-corrected chi connectivity index (χ0v) is 18.3. The average molecular weight is 390 g/mol. The van der Waals surface area contributed by atoms with Crippen LogP contribution in [-0.4, -0.2) is 18.6 Å². The number of hydrogen-bond acceptors (Lipinski definition) is 2. The van der Waals surface area contributed by atoms with Gasteiger partial charge in [0.05, 0.1) is 18.3 Å². The van der Waals surface area contributed by atoms with Crippen molar-refractivity contribution in [1.82, 2.24) is 0 Å². The van der Waals surface area contributed by atoms with Gasteiger partial charge in [0.1, 0.15) is 5.75 Å². The summed E-state index contributed by atoms with van der Waals surface area (Å²) in [5, 5.41) is 0. The zero-order valence-electron chi connectivity index (χ0n) is 18.3. The van der Waals surface area contributed by atoms with Crippen LogP contribution in [0.5, 0.6) is 5.75 Å². The van der Waals surface area contributed by atoms with E-state index in [1.165, 1.54) is 23.1 Å². The lowest BCUT2D eigenvalue weighted by Crippen LogP contribution is -2.49. The number of rotatable bonds is 3. The molecule has 1 amide bonds. The molecule has 29 heavy (non-hydrogen) atoms. The van der Waals surface area contributed by atoms with Gasteiger partial charge in [0.25, 0.3) is 0 Å². The fourth-order valence-corrected chi connectivity index (χ4v) is 6.25. The van der Waals surface area contributed by atoms with Crippen LogP contribution in [0.2, 0.25) is 0 Å². The van der Waals surface area contributed by atoms with Crippen molar-refractivity contribution in [2.75, 3.05) is 12.0 Å². The number of carbonyl (C=O) groups excluding carboxylic acids is 1. The standard InChI is InChI=1S/C26H31NO2/c1-16-8-6-11-22(29-5)23(16)19-14-17-9-7-10-18(17)15-21(19)27-24(28)20-12-13-26(27,4)25(20,2)3/h6,8,11,14-15,20H,7,9-10,12-13H2,1-5H3/t20-,26-/m1/s1. The molecular weight excluding hydrogens is 358 g/mol. The lowest BCUT2D eigenvalue weighted by atomic mass is 9.74. The average Bonchev–Trinajstić information content (AvgIpc) is 3.27. The van der Waals surface area contributed by atoms with Gasteiger partial charge in [0.15, 0.2) is 0 Å². The lowest BCUT2D eigenvalue weighted by Gasteiger charge is -2.42. The minimum Gasteiger partial charge on any atom is -0.496 e. The maximum Gasteiger partial charge on any atom is 0.231 e. The van der Waals surface area contributed by atoms with Crippen molar-refractivity contribution in [2.24, 2.45) is 11.3 Å². The van der Waals surface area contributed by atoms with E-state index in [0.717, 1.165) is 48.2 Å². The Morgan fingerprint density at radius 2 is 1.83 bits per heavy atom. The molecule has 0 aromatic heterocycles. The summed E-state index contributed by atoms with van der Waals surface area (Å²) in [5.74, 6) is 1.30. The predicted molar refractivity (Wildman–Crippen MR) is 118 cm³/mol. The third-order valence-electron chi connectivity index (χ3n) is 8.37. The number of nitrogens with zero attached hydrogens (tertiary/aromatic N) is 1. The number of benzene rings is 2. The molecule has 1 heterocycles. The van der Waals surface area contributed by atoms with Crippen LogP contribution in [0, 0.1) is 18.3 Å². The number of anilines is 1. The van der Waals surface area contributed by atoms with Crippen LogP contribution in [0.15, 0.2) is 30.3 Å². The zero-order chi connectivity index (χ0) is 20.6. The molecule has 5 rings (SSSR count). The molecule has 2 aromatic carbocycles. The predicted octanol–water partition coefficient (Wildman–Crippen LogP) is 5.70. The molecule has 2 atom stereocenters. The number of ether oxygens (including phenoxy) is 1. The SMILES string of the molecule is COc1cccc(C)c1-c1cc2c(cc1N1C(=O)[C@H]3CC[C@]1(C)C3(C)C)CCC2. The Morgan fingerprint density at radius 3 is 2.48 bits per heavy atom. The molecule has 2 fully saturated rings. The summed E-state index contributed by atoms with van der Waals surface area (Å²) in [5.41, 5.74) is 7.21. The summed E-state index contributed by atoms with van der Waals surface area (Å²) in [6.45, 7) is 9.00. The van der Waals surface area contributed by atoms with E-state index in [2.05, 4.69) is 50.8 Å². The van der Waals surface area contributed by atoms with Gasteiger partial charge >= 0.3 is 0 Å². The first kappa shape index (κ1) is 18.7. The van der Waals surface area contributed by atoms with Crippen molar-refractivity contribution < 1.29 is 9.53 Å². The largest absolute Gasteiger partial charge is 0.496 e. The number of methoxy groups -OCH3 is 1. The fourth-order valence-electron chi connectivity index (χ4n) is 6.25. The van der Waals surface area contributed by atoms with E-state index in [0.29, 0.717) is 5.91 Å². The molecule has 3 heteroatoms. The monoisotopic (exact) mass is 389 g/mol. The first-order chi connectivity index (χ1) is 13.8. The highest BCUT2D eigenvalue weighted by molar-refractivity contribution is 6.05. The van der Waals surface area contributed by atoms with Gasteiger partial charge in [-0.1, -0.05) is 26.0 Å². The number of hydrogen-bond donors (Lipinski definition) is 0. The molecule has 0 N–H and O–H groups in total. The van der Waals surface area contributed by atoms with Gasteiger partial charge in [-0.3, -0.25) is 4.79 Å². The molecule has 1 saturated carbocycles. The van der Waals surface area contributed by atoms with Gasteiger partial charge in [0, 0.05) is 17.0 Å². The van der Waals surface area contributed by atoms with Crippen molar-refractivity contribution in [1.29, 1.82) is 0 Å². The highest BCUT2D eigenvalue weighted by Crippen LogP contribution is 2.61. The molecule has 2 aliphatic carbocycles. The molecular formula is C26H31NO2. The Morgan fingerprint density at radius 1 is 1.10 bits per heavy atom. The van der Waals surface area contributed by atoms with Gasteiger partial charge in [-0.2, -0.15) is 0 Å². The maximum absolute atomic E-state index is 13.6. The Balaban J connectivity index is 1.79. The normalized spacial score (nSPS) is 26.9. The van der Waals surface area contributed by atoms with Gasteiger partial charge in [-0.15, -0.1) is 0 Å². The number of aryl methyl sites for hydroxylation is 3. The van der Waals surface area contributed by atoms with Crippen LogP contribution in [0.1, 0.15) is 56.7 Å². The third kappa shape index (κ3) is 2.33. The first-order valence-electron chi connectivity index (χ1n) is 10.9. The number of carbonyl (C=O) groups is 1. The topological polar surface area (TPSA) is 29.5 Å². The van der Waals surface area contributed by atoms with Crippen LogP contribution < -0.4 is 9.64 Å². The lowest BCUT2D eigenvalue weighted by molar-refractivity contribution is -0.122. The first-order valence-corrected chi connectivity index (χ1v) is 10.9. The van der Waals surface area contributed by atoms with E-state index in [1.807, 2.05) is 12.1 Å². The molecule has 1 saturated heterocycles. The van der Waals surface area contributed by atoms with Gasteiger partial charge in [-0.25, -0.2) is 0 Å². The van der Waals surface area contributed by atoms with Crippen LogP contribution >= 0.6 is 0 Å². The summed E-state index contributed by atoms with van der Waals surface area (Å²) >= 11 is 0. The minimum atomic E-state index is -0.147. The highest BCUT2D eigenvalue weighted by Gasteiger charge is 2.65. The van der Waals surface area contributed by atoms with E-state index < -0.39 is 0 Å². The summed E-state index contributed by atoms with van der Waals surface area (Å²) in [6, 6.07) is 10.9. The number of amides is 1. The molecule has 2 bridgehead atoms. The minimum absolute atomic E-state index is 0.0177. The van der Waals surface area contributed by atoms with Crippen LogP contribution in [-0.2, 0) is 17.6 Å². The van der Waals surface area contributed by atoms with Crippen molar-refractivity contribution in [2.45, 2.75) is 65.3 Å². The van der Waals surface area contributed by atoms with Gasteiger partial charge in [0.2, 0.25) is 5.91 Å². The quantitative estimate of drug-likeness (QED) is 0.674. The second-order valence-electron chi connectivity index (χ2n) is 9.90. The highest BCUT2D eigenvalue weighted by atomic mass is 16.5. The van der Waals surface area contributed by atoms with E-state index in [4.69, 9.17) is 4.74 Å². The second-order valence-corrected chi connectivity index (χ2v) is 9.90.